The lowest BCUT2D eigenvalue weighted by Gasteiger charge is -2.19. The van der Waals surface area contributed by atoms with Gasteiger partial charge in [-0.05, 0) is 24.1 Å². The van der Waals surface area contributed by atoms with Crippen molar-refractivity contribution >= 4 is 22.8 Å². The standard InChI is InChI=1S/C17H23N3O4/c1-11(2)16(17(22)24-4)19-15(21)7-8-20-14-6-5-13(23-3)9-12(14)10-18-20/h5-6,9-11,16H,7-8H2,1-4H3,(H,19,21). The van der Waals surface area contributed by atoms with Gasteiger partial charge < -0.3 is 14.8 Å². The van der Waals surface area contributed by atoms with Crippen molar-refractivity contribution in [3.8, 4) is 5.75 Å². The highest BCUT2D eigenvalue weighted by atomic mass is 16.5. The predicted octanol–water partition coefficient (Wildman–Crippen LogP) is 1.75. The summed E-state index contributed by atoms with van der Waals surface area (Å²) in [6, 6.07) is 5.02. The van der Waals surface area contributed by atoms with Crippen molar-refractivity contribution < 1.29 is 19.1 Å². The molecule has 1 atom stereocenters. The van der Waals surface area contributed by atoms with E-state index in [-0.39, 0.29) is 18.2 Å². The topological polar surface area (TPSA) is 82.5 Å². The number of aryl methyl sites for hydroxylation is 1. The number of amides is 1. The molecule has 24 heavy (non-hydrogen) atoms. The minimum absolute atomic E-state index is 0.0422. The van der Waals surface area contributed by atoms with Crippen LogP contribution in [0.5, 0.6) is 5.75 Å². The highest BCUT2D eigenvalue weighted by molar-refractivity contribution is 5.85. The van der Waals surface area contributed by atoms with Crippen LogP contribution >= 0.6 is 0 Å². The van der Waals surface area contributed by atoms with Gasteiger partial charge in [0.25, 0.3) is 0 Å². The van der Waals surface area contributed by atoms with Crippen molar-refractivity contribution in [2.24, 2.45) is 5.92 Å². The average molecular weight is 333 g/mol. The van der Waals surface area contributed by atoms with Gasteiger partial charge in [-0.15, -0.1) is 0 Å². The second kappa shape index (κ2) is 7.81. The molecule has 7 nitrogen and oxygen atoms in total. The summed E-state index contributed by atoms with van der Waals surface area (Å²) in [4.78, 5) is 23.8. The van der Waals surface area contributed by atoms with Gasteiger partial charge in [0.15, 0.2) is 0 Å². The van der Waals surface area contributed by atoms with Crippen LogP contribution in [0.1, 0.15) is 20.3 Å². The maximum atomic E-state index is 12.1. The molecule has 1 aromatic carbocycles. The molecule has 0 aliphatic heterocycles. The SMILES string of the molecule is COC(=O)C(NC(=O)CCn1ncc2cc(OC)ccc21)C(C)C. The Morgan fingerprint density at radius 2 is 2.04 bits per heavy atom. The number of carbonyl (C=O) groups is 2. The van der Waals surface area contributed by atoms with Gasteiger partial charge in [0.1, 0.15) is 11.8 Å². The van der Waals surface area contributed by atoms with Gasteiger partial charge in [-0.1, -0.05) is 13.8 Å². The molecule has 2 aromatic rings. The zero-order chi connectivity index (χ0) is 17.7. The van der Waals surface area contributed by atoms with Crippen LogP contribution in [0.4, 0.5) is 0 Å². The van der Waals surface area contributed by atoms with Crippen LogP contribution in [0.15, 0.2) is 24.4 Å². The molecule has 0 aliphatic rings. The molecule has 0 bridgehead atoms. The van der Waals surface area contributed by atoms with E-state index in [1.807, 2.05) is 32.0 Å². The molecule has 1 aromatic heterocycles. The summed E-state index contributed by atoms with van der Waals surface area (Å²) in [7, 11) is 2.93. The zero-order valence-corrected chi connectivity index (χ0v) is 14.4. The first kappa shape index (κ1) is 17.8. The minimum Gasteiger partial charge on any atom is -0.497 e. The quantitative estimate of drug-likeness (QED) is 0.781. The molecule has 0 saturated heterocycles. The number of benzene rings is 1. The van der Waals surface area contributed by atoms with E-state index >= 15 is 0 Å². The van der Waals surface area contributed by atoms with Crippen molar-refractivity contribution in [1.82, 2.24) is 15.1 Å². The number of esters is 1. The molecule has 1 unspecified atom stereocenters. The van der Waals surface area contributed by atoms with Crippen LogP contribution in [-0.4, -0.2) is 41.9 Å². The number of methoxy groups -OCH3 is 2. The van der Waals surface area contributed by atoms with E-state index < -0.39 is 12.0 Å². The van der Waals surface area contributed by atoms with Gasteiger partial charge in [0.2, 0.25) is 5.91 Å². The Kier molecular flexibility index (Phi) is 5.78. The smallest absolute Gasteiger partial charge is 0.328 e. The fraction of sp³-hybridized carbons (Fsp3) is 0.471. The molecule has 0 fully saturated rings. The van der Waals surface area contributed by atoms with E-state index in [0.29, 0.717) is 6.54 Å². The molecule has 130 valence electrons. The fourth-order valence-electron chi connectivity index (χ4n) is 2.45. The average Bonchev–Trinajstić information content (AvgIpc) is 2.98. The number of ether oxygens (including phenoxy) is 2. The highest BCUT2D eigenvalue weighted by Crippen LogP contribution is 2.20. The van der Waals surface area contributed by atoms with Crippen molar-refractivity contribution in [2.75, 3.05) is 14.2 Å². The summed E-state index contributed by atoms with van der Waals surface area (Å²) in [5.74, 6) is 0.0725. The molecular weight excluding hydrogens is 310 g/mol. The van der Waals surface area contributed by atoms with Gasteiger partial charge in [-0.25, -0.2) is 4.79 Å². The van der Waals surface area contributed by atoms with Gasteiger partial charge in [0.05, 0.1) is 32.5 Å². The maximum Gasteiger partial charge on any atom is 0.328 e. The lowest BCUT2D eigenvalue weighted by atomic mass is 10.0. The molecule has 1 heterocycles. The molecule has 1 amide bonds. The third kappa shape index (κ3) is 4.04. The van der Waals surface area contributed by atoms with Crippen molar-refractivity contribution in [2.45, 2.75) is 32.9 Å². The third-order valence-corrected chi connectivity index (χ3v) is 3.84. The third-order valence-electron chi connectivity index (χ3n) is 3.84. The second-order valence-corrected chi connectivity index (χ2v) is 5.85. The lowest BCUT2D eigenvalue weighted by molar-refractivity contribution is -0.146. The summed E-state index contributed by atoms with van der Waals surface area (Å²) in [6.07, 6.45) is 1.96. The largest absolute Gasteiger partial charge is 0.497 e. The zero-order valence-electron chi connectivity index (χ0n) is 14.4. The van der Waals surface area contributed by atoms with E-state index in [9.17, 15) is 9.59 Å². The van der Waals surface area contributed by atoms with Crippen molar-refractivity contribution in [3.63, 3.8) is 0 Å². The summed E-state index contributed by atoms with van der Waals surface area (Å²) in [5.41, 5.74) is 0.928. The number of carbonyl (C=O) groups excluding carboxylic acids is 2. The molecule has 7 heteroatoms. The normalized spacial score (nSPS) is 12.2. The maximum absolute atomic E-state index is 12.1. The van der Waals surface area contributed by atoms with Crippen LogP contribution < -0.4 is 10.1 Å². The number of rotatable bonds is 7. The number of aromatic nitrogens is 2. The van der Waals surface area contributed by atoms with Gasteiger partial charge in [0, 0.05) is 11.8 Å². The van der Waals surface area contributed by atoms with Gasteiger partial charge >= 0.3 is 5.97 Å². The van der Waals surface area contributed by atoms with E-state index in [0.717, 1.165) is 16.7 Å². The monoisotopic (exact) mass is 333 g/mol. The summed E-state index contributed by atoms with van der Waals surface area (Å²) in [6.45, 7) is 4.14. The molecule has 0 aliphatic carbocycles. The van der Waals surface area contributed by atoms with E-state index in [1.54, 1.807) is 18.0 Å². The summed E-state index contributed by atoms with van der Waals surface area (Å²) in [5, 5.41) is 7.97. The van der Waals surface area contributed by atoms with Crippen LogP contribution in [0.2, 0.25) is 0 Å². The lowest BCUT2D eigenvalue weighted by Crippen LogP contribution is -2.45. The molecule has 2 rings (SSSR count). The van der Waals surface area contributed by atoms with E-state index in [2.05, 4.69) is 10.4 Å². The van der Waals surface area contributed by atoms with Crippen molar-refractivity contribution in [3.05, 3.63) is 24.4 Å². The molecule has 1 N–H and O–H groups in total. The Balaban J connectivity index is 2.00. The highest BCUT2D eigenvalue weighted by Gasteiger charge is 2.24. The van der Waals surface area contributed by atoms with Crippen LogP contribution in [0.3, 0.4) is 0 Å². The van der Waals surface area contributed by atoms with Gasteiger partial charge in [-0.3, -0.25) is 9.48 Å². The Morgan fingerprint density at radius 3 is 2.67 bits per heavy atom. The first-order valence-electron chi connectivity index (χ1n) is 7.83. The number of fused-ring (bicyclic) bond motifs is 1. The first-order valence-corrected chi connectivity index (χ1v) is 7.83. The fourth-order valence-corrected chi connectivity index (χ4v) is 2.45. The van der Waals surface area contributed by atoms with Crippen molar-refractivity contribution in [1.29, 1.82) is 0 Å². The first-order chi connectivity index (χ1) is 11.5. The molecular formula is C17H23N3O4. The number of hydrogen-bond acceptors (Lipinski definition) is 5. The minimum atomic E-state index is -0.638. The molecule has 0 spiro atoms. The van der Waals surface area contributed by atoms with E-state index in [1.165, 1.54) is 7.11 Å². The number of nitrogens with zero attached hydrogens (tertiary/aromatic N) is 2. The molecule has 0 saturated carbocycles. The van der Waals surface area contributed by atoms with Gasteiger partial charge in [-0.2, -0.15) is 5.10 Å². The summed E-state index contributed by atoms with van der Waals surface area (Å²) < 4.78 is 11.7. The van der Waals surface area contributed by atoms with Crippen LogP contribution in [-0.2, 0) is 20.9 Å². The Hall–Kier alpha value is -2.57. The predicted molar refractivity (Wildman–Crippen MR) is 89.7 cm³/mol. The van der Waals surface area contributed by atoms with Crippen LogP contribution in [0, 0.1) is 5.92 Å². The Labute approximate surface area is 140 Å². The summed E-state index contributed by atoms with van der Waals surface area (Å²) >= 11 is 0. The Morgan fingerprint density at radius 1 is 1.29 bits per heavy atom. The van der Waals surface area contributed by atoms with E-state index in [4.69, 9.17) is 9.47 Å². The van der Waals surface area contributed by atoms with Crippen LogP contribution in [0.25, 0.3) is 10.9 Å². The number of hydrogen-bond donors (Lipinski definition) is 1. The molecule has 0 radical (unpaired) electrons. The Bertz CT molecular complexity index is 724. The number of nitrogens with one attached hydrogen (secondary N) is 1. The second-order valence-electron chi connectivity index (χ2n) is 5.85.